The van der Waals surface area contributed by atoms with Crippen molar-refractivity contribution in [2.75, 3.05) is 6.61 Å². The van der Waals surface area contributed by atoms with Gasteiger partial charge in [-0.25, -0.2) is 4.98 Å². The largest absolute Gasteiger partial charge is 0.493 e. The third kappa shape index (κ3) is 3.87. The number of rotatable bonds is 7. The van der Waals surface area contributed by atoms with Crippen molar-refractivity contribution in [3.8, 4) is 5.75 Å². The minimum atomic E-state index is 0.429. The van der Waals surface area contributed by atoms with Gasteiger partial charge in [-0.1, -0.05) is 44.2 Å². The molecule has 0 saturated heterocycles. The number of unbranched alkanes of at least 4 members (excludes halogenated alkanes) is 1. The molecule has 0 atom stereocenters. The quantitative estimate of drug-likeness (QED) is 0.522. The van der Waals surface area contributed by atoms with Gasteiger partial charge in [-0.15, -0.1) is 0 Å². The highest BCUT2D eigenvalue weighted by atomic mass is 16.5. The Bertz CT molecular complexity index is 828. The number of benzene rings is 2. The van der Waals surface area contributed by atoms with E-state index in [1.165, 1.54) is 22.5 Å². The second-order valence-corrected chi connectivity index (χ2v) is 7.04. The second kappa shape index (κ2) is 7.73. The monoisotopic (exact) mass is 336 g/mol. The van der Waals surface area contributed by atoms with Crippen molar-refractivity contribution in [3.05, 3.63) is 59.4 Å². The van der Waals surface area contributed by atoms with Gasteiger partial charge in [0.05, 0.1) is 17.6 Å². The summed E-state index contributed by atoms with van der Waals surface area (Å²) in [4.78, 5) is 4.81. The molecule has 0 radical (unpaired) electrons. The Morgan fingerprint density at radius 1 is 0.960 bits per heavy atom. The lowest BCUT2D eigenvalue weighted by atomic mass is 10.1. The molecule has 132 valence electrons. The fourth-order valence-electron chi connectivity index (χ4n) is 3.34. The fraction of sp³-hybridized carbons (Fsp3) is 0.409. The van der Waals surface area contributed by atoms with Gasteiger partial charge in [-0.3, -0.25) is 0 Å². The number of hydrogen-bond donors (Lipinski definition) is 0. The van der Waals surface area contributed by atoms with E-state index >= 15 is 0 Å². The number of aryl methyl sites for hydroxylation is 3. The van der Waals surface area contributed by atoms with Crippen molar-refractivity contribution in [1.82, 2.24) is 9.55 Å². The first-order valence-electron chi connectivity index (χ1n) is 9.22. The van der Waals surface area contributed by atoms with Crippen LogP contribution in [0.15, 0.2) is 42.5 Å². The molecule has 3 aromatic rings. The van der Waals surface area contributed by atoms with Crippen LogP contribution in [0.3, 0.4) is 0 Å². The van der Waals surface area contributed by atoms with Gasteiger partial charge >= 0.3 is 0 Å². The van der Waals surface area contributed by atoms with E-state index in [0.29, 0.717) is 5.92 Å². The fourth-order valence-corrected chi connectivity index (χ4v) is 3.34. The Hall–Kier alpha value is -2.29. The molecule has 1 heterocycles. The lowest BCUT2D eigenvalue weighted by Crippen LogP contribution is -2.07. The number of ether oxygens (including phenoxy) is 1. The topological polar surface area (TPSA) is 27.1 Å². The number of imidazole rings is 1. The maximum Gasteiger partial charge on any atom is 0.125 e. The first-order valence-corrected chi connectivity index (χ1v) is 9.22. The molecule has 0 aliphatic heterocycles. The van der Waals surface area contributed by atoms with Gasteiger partial charge in [0, 0.05) is 12.5 Å². The number of hydrogen-bond acceptors (Lipinski definition) is 2. The molecule has 0 saturated carbocycles. The molecule has 1 aromatic heterocycles. The SMILES string of the molecule is Cc1cccc(C)c1OCCCCn1c(C(C)C)nc2ccccc21. The Labute approximate surface area is 150 Å². The smallest absolute Gasteiger partial charge is 0.125 e. The number of fused-ring (bicyclic) bond motifs is 1. The van der Waals surface area contributed by atoms with Crippen LogP contribution < -0.4 is 4.74 Å². The predicted octanol–water partition coefficient (Wildman–Crippen LogP) is 5.64. The molecule has 0 aliphatic rings. The highest BCUT2D eigenvalue weighted by molar-refractivity contribution is 5.76. The van der Waals surface area contributed by atoms with Gasteiger partial charge in [0.1, 0.15) is 11.6 Å². The van der Waals surface area contributed by atoms with Crippen molar-refractivity contribution in [2.24, 2.45) is 0 Å². The summed E-state index contributed by atoms with van der Waals surface area (Å²) < 4.78 is 8.40. The Morgan fingerprint density at radius 3 is 2.40 bits per heavy atom. The van der Waals surface area contributed by atoms with Crippen LogP contribution in [0.1, 0.15) is 49.6 Å². The van der Waals surface area contributed by atoms with Crippen LogP contribution in [0.2, 0.25) is 0 Å². The molecule has 0 bridgehead atoms. The highest BCUT2D eigenvalue weighted by Crippen LogP contribution is 2.24. The molecule has 0 aliphatic carbocycles. The molecule has 0 spiro atoms. The second-order valence-electron chi connectivity index (χ2n) is 7.04. The maximum absolute atomic E-state index is 6.03. The van der Waals surface area contributed by atoms with Gasteiger partial charge < -0.3 is 9.30 Å². The molecule has 0 unspecified atom stereocenters. The van der Waals surface area contributed by atoms with Gasteiger partial charge in [0.15, 0.2) is 0 Å². The van der Waals surface area contributed by atoms with Gasteiger partial charge in [0.25, 0.3) is 0 Å². The van der Waals surface area contributed by atoms with Crippen LogP contribution in [-0.4, -0.2) is 16.2 Å². The van der Waals surface area contributed by atoms with E-state index in [-0.39, 0.29) is 0 Å². The van der Waals surface area contributed by atoms with E-state index < -0.39 is 0 Å². The minimum absolute atomic E-state index is 0.429. The minimum Gasteiger partial charge on any atom is -0.493 e. The zero-order valence-corrected chi connectivity index (χ0v) is 15.7. The zero-order valence-electron chi connectivity index (χ0n) is 15.7. The van der Waals surface area contributed by atoms with Crippen LogP contribution in [0.4, 0.5) is 0 Å². The van der Waals surface area contributed by atoms with E-state index in [1.54, 1.807) is 0 Å². The normalized spacial score (nSPS) is 11.4. The van der Waals surface area contributed by atoms with Crippen LogP contribution in [0.25, 0.3) is 11.0 Å². The first-order chi connectivity index (χ1) is 12.1. The number of nitrogens with zero attached hydrogens (tertiary/aromatic N) is 2. The van der Waals surface area contributed by atoms with Crippen molar-refractivity contribution < 1.29 is 4.74 Å². The third-order valence-electron chi connectivity index (χ3n) is 4.63. The molecule has 0 amide bonds. The molecule has 25 heavy (non-hydrogen) atoms. The molecular formula is C22H28N2O. The predicted molar refractivity (Wildman–Crippen MR) is 104 cm³/mol. The summed E-state index contributed by atoms with van der Waals surface area (Å²) in [5.74, 6) is 2.65. The average Bonchev–Trinajstić information content (AvgIpc) is 2.96. The van der Waals surface area contributed by atoms with Crippen molar-refractivity contribution in [3.63, 3.8) is 0 Å². The van der Waals surface area contributed by atoms with E-state index in [1.807, 2.05) is 0 Å². The van der Waals surface area contributed by atoms with Gasteiger partial charge in [0.2, 0.25) is 0 Å². The van der Waals surface area contributed by atoms with E-state index in [9.17, 15) is 0 Å². The van der Waals surface area contributed by atoms with Gasteiger partial charge in [-0.05, 0) is 49.9 Å². The molecule has 3 heteroatoms. The first kappa shape index (κ1) is 17.5. The average molecular weight is 336 g/mol. The number of para-hydroxylation sites is 3. The summed E-state index contributed by atoms with van der Waals surface area (Å²) in [5.41, 5.74) is 4.75. The van der Waals surface area contributed by atoms with Crippen molar-refractivity contribution >= 4 is 11.0 Å². The van der Waals surface area contributed by atoms with E-state index in [2.05, 4.69) is 74.7 Å². The molecule has 3 rings (SSSR count). The standard InChI is InChI=1S/C22H28N2O/c1-16(2)22-23-19-12-5-6-13-20(19)24(22)14-7-8-15-25-21-17(3)10-9-11-18(21)4/h5-6,9-13,16H,7-8,14-15H2,1-4H3. The van der Waals surface area contributed by atoms with Crippen LogP contribution >= 0.6 is 0 Å². The number of aromatic nitrogens is 2. The van der Waals surface area contributed by atoms with Gasteiger partial charge in [-0.2, -0.15) is 0 Å². The summed E-state index contributed by atoms with van der Waals surface area (Å²) in [6.45, 7) is 10.4. The van der Waals surface area contributed by atoms with E-state index in [4.69, 9.17) is 9.72 Å². The lowest BCUT2D eigenvalue weighted by Gasteiger charge is -2.13. The highest BCUT2D eigenvalue weighted by Gasteiger charge is 2.12. The van der Waals surface area contributed by atoms with Crippen LogP contribution in [-0.2, 0) is 6.54 Å². The molecular weight excluding hydrogens is 308 g/mol. The van der Waals surface area contributed by atoms with Crippen molar-refractivity contribution in [2.45, 2.75) is 53.0 Å². The molecule has 3 nitrogen and oxygen atoms in total. The van der Waals surface area contributed by atoms with Crippen LogP contribution in [0, 0.1) is 13.8 Å². The maximum atomic E-state index is 6.03. The third-order valence-corrected chi connectivity index (χ3v) is 4.63. The lowest BCUT2D eigenvalue weighted by molar-refractivity contribution is 0.299. The molecule has 0 N–H and O–H groups in total. The molecule has 0 fully saturated rings. The zero-order chi connectivity index (χ0) is 17.8. The summed E-state index contributed by atoms with van der Waals surface area (Å²) >= 11 is 0. The Morgan fingerprint density at radius 2 is 1.68 bits per heavy atom. The van der Waals surface area contributed by atoms with E-state index in [0.717, 1.165) is 37.3 Å². The summed E-state index contributed by atoms with van der Waals surface area (Å²) in [7, 11) is 0. The molecule has 2 aromatic carbocycles. The summed E-state index contributed by atoms with van der Waals surface area (Å²) in [5, 5.41) is 0. The summed E-state index contributed by atoms with van der Waals surface area (Å²) in [6, 6.07) is 14.7. The van der Waals surface area contributed by atoms with Crippen LogP contribution in [0.5, 0.6) is 5.75 Å². The Balaban J connectivity index is 1.61. The van der Waals surface area contributed by atoms with Crippen molar-refractivity contribution in [1.29, 1.82) is 0 Å². The summed E-state index contributed by atoms with van der Waals surface area (Å²) in [6.07, 6.45) is 2.13. The Kier molecular flexibility index (Phi) is 5.42.